The fourth-order valence-corrected chi connectivity index (χ4v) is 3.08. The van der Waals surface area contributed by atoms with Crippen molar-refractivity contribution < 1.29 is 13.9 Å². The molecule has 0 radical (unpaired) electrons. The van der Waals surface area contributed by atoms with Crippen LogP contribution in [0.2, 0.25) is 0 Å². The highest BCUT2D eigenvalue weighted by molar-refractivity contribution is 5.54. The Hall–Kier alpha value is -1.85. The highest BCUT2D eigenvalue weighted by atomic mass is 19.1. The predicted molar refractivity (Wildman–Crippen MR) is 87.8 cm³/mol. The molecule has 1 aliphatic rings. The monoisotopic (exact) mass is 318 g/mol. The SMILES string of the molecule is CC(O)(CNCc1c(F)cccc1N1CCCC1)c1ccco1. The van der Waals surface area contributed by atoms with Gasteiger partial charge in [-0.2, -0.15) is 0 Å². The molecular formula is C18H23FN2O2. The summed E-state index contributed by atoms with van der Waals surface area (Å²) in [6.07, 6.45) is 3.83. The molecular weight excluding hydrogens is 295 g/mol. The second-order valence-corrected chi connectivity index (χ2v) is 6.29. The largest absolute Gasteiger partial charge is 0.466 e. The minimum Gasteiger partial charge on any atom is -0.466 e. The van der Waals surface area contributed by atoms with Gasteiger partial charge in [0.2, 0.25) is 0 Å². The Morgan fingerprint density at radius 2 is 2.04 bits per heavy atom. The van der Waals surface area contributed by atoms with E-state index < -0.39 is 5.60 Å². The maximum Gasteiger partial charge on any atom is 0.136 e. The minimum atomic E-state index is -1.12. The van der Waals surface area contributed by atoms with Crippen LogP contribution in [0.4, 0.5) is 10.1 Å². The zero-order chi connectivity index (χ0) is 16.3. The number of hydrogen-bond donors (Lipinski definition) is 2. The van der Waals surface area contributed by atoms with E-state index in [1.54, 1.807) is 25.1 Å². The van der Waals surface area contributed by atoms with Crippen molar-refractivity contribution in [1.82, 2.24) is 5.32 Å². The molecule has 1 aromatic carbocycles. The van der Waals surface area contributed by atoms with Crippen molar-refractivity contribution >= 4 is 5.69 Å². The zero-order valence-electron chi connectivity index (χ0n) is 13.4. The molecule has 1 saturated heterocycles. The quantitative estimate of drug-likeness (QED) is 0.859. The predicted octanol–water partition coefficient (Wildman–Crippen LogP) is 3.02. The third-order valence-corrected chi connectivity index (χ3v) is 4.36. The lowest BCUT2D eigenvalue weighted by Gasteiger charge is -2.24. The highest BCUT2D eigenvalue weighted by Crippen LogP contribution is 2.27. The van der Waals surface area contributed by atoms with Gasteiger partial charge in [-0.3, -0.25) is 0 Å². The Kier molecular flexibility index (Phi) is 4.68. The molecule has 1 unspecified atom stereocenters. The molecule has 4 nitrogen and oxygen atoms in total. The molecule has 2 heterocycles. The molecule has 1 aromatic heterocycles. The van der Waals surface area contributed by atoms with Gasteiger partial charge in [-0.05, 0) is 44.0 Å². The summed E-state index contributed by atoms with van der Waals surface area (Å²) >= 11 is 0. The minimum absolute atomic E-state index is 0.209. The standard InChI is InChI=1S/C18H23FN2O2/c1-18(22,17-8-5-11-23-17)13-20-12-14-15(19)6-4-7-16(14)21-9-2-3-10-21/h4-8,11,20,22H,2-3,9-10,12-13H2,1H3. The summed E-state index contributed by atoms with van der Waals surface area (Å²) in [5, 5.41) is 13.6. The Bertz CT molecular complexity index is 634. The lowest BCUT2D eigenvalue weighted by molar-refractivity contribution is 0.0340. The first-order valence-electron chi connectivity index (χ1n) is 8.07. The molecule has 2 N–H and O–H groups in total. The lowest BCUT2D eigenvalue weighted by Crippen LogP contribution is -2.35. The van der Waals surface area contributed by atoms with Crippen molar-refractivity contribution in [3.63, 3.8) is 0 Å². The van der Waals surface area contributed by atoms with Crippen LogP contribution in [0.25, 0.3) is 0 Å². The van der Waals surface area contributed by atoms with Crippen molar-refractivity contribution in [2.24, 2.45) is 0 Å². The highest BCUT2D eigenvalue weighted by Gasteiger charge is 2.26. The van der Waals surface area contributed by atoms with E-state index in [1.807, 2.05) is 6.07 Å². The summed E-state index contributed by atoms with van der Waals surface area (Å²) in [6.45, 7) is 4.28. The molecule has 3 rings (SSSR count). The molecule has 0 saturated carbocycles. The van der Waals surface area contributed by atoms with Crippen LogP contribution >= 0.6 is 0 Å². The summed E-state index contributed by atoms with van der Waals surface area (Å²) in [7, 11) is 0. The fourth-order valence-electron chi connectivity index (χ4n) is 3.08. The van der Waals surface area contributed by atoms with Gasteiger partial charge in [-0.25, -0.2) is 4.39 Å². The topological polar surface area (TPSA) is 48.6 Å². The Balaban J connectivity index is 1.68. The number of aliphatic hydroxyl groups is 1. The van der Waals surface area contributed by atoms with Gasteiger partial charge in [0.15, 0.2) is 0 Å². The maximum absolute atomic E-state index is 14.2. The van der Waals surface area contributed by atoms with Crippen LogP contribution in [0.1, 0.15) is 31.1 Å². The third kappa shape index (κ3) is 3.57. The summed E-state index contributed by atoms with van der Waals surface area (Å²) in [6, 6.07) is 8.69. The van der Waals surface area contributed by atoms with E-state index in [0.717, 1.165) is 31.6 Å². The Morgan fingerprint density at radius 3 is 2.74 bits per heavy atom. The fraction of sp³-hybridized carbons (Fsp3) is 0.444. The number of benzene rings is 1. The van der Waals surface area contributed by atoms with Crippen molar-refractivity contribution in [2.45, 2.75) is 31.9 Å². The third-order valence-electron chi connectivity index (χ3n) is 4.36. The number of nitrogens with one attached hydrogen (secondary N) is 1. The molecule has 1 atom stereocenters. The van der Waals surface area contributed by atoms with Crippen LogP contribution in [-0.4, -0.2) is 24.7 Å². The van der Waals surface area contributed by atoms with Crippen LogP contribution < -0.4 is 10.2 Å². The van der Waals surface area contributed by atoms with Crippen LogP contribution in [-0.2, 0) is 12.1 Å². The van der Waals surface area contributed by atoms with Crippen LogP contribution in [0.3, 0.4) is 0 Å². The van der Waals surface area contributed by atoms with Crippen LogP contribution in [0.5, 0.6) is 0 Å². The van der Waals surface area contributed by atoms with Crippen LogP contribution in [0.15, 0.2) is 41.0 Å². The normalized spacial score (nSPS) is 17.4. The molecule has 1 aliphatic heterocycles. The molecule has 2 aromatic rings. The van der Waals surface area contributed by atoms with Gasteiger partial charge in [0.25, 0.3) is 0 Å². The van der Waals surface area contributed by atoms with Crippen LogP contribution in [0, 0.1) is 5.82 Å². The summed E-state index contributed by atoms with van der Waals surface area (Å²) in [5.74, 6) is 0.290. The lowest BCUT2D eigenvalue weighted by atomic mass is 10.0. The van der Waals surface area contributed by atoms with Gasteiger partial charge < -0.3 is 19.7 Å². The number of furan rings is 1. The molecule has 0 spiro atoms. The first-order chi connectivity index (χ1) is 11.1. The maximum atomic E-state index is 14.2. The summed E-state index contributed by atoms with van der Waals surface area (Å²) in [4.78, 5) is 2.23. The van der Waals surface area contributed by atoms with E-state index >= 15 is 0 Å². The number of anilines is 1. The van der Waals surface area contributed by atoms with Crippen molar-refractivity contribution in [2.75, 3.05) is 24.5 Å². The number of nitrogens with zero attached hydrogens (tertiary/aromatic N) is 1. The van der Waals surface area contributed by atoms with Gasteiger partial charge in [0.1, 0.15) is 17.2 Å². The molecule has 23 heavy (non-hydrogen) atoms. The van der Waals surface area contributed by atoms with Crippen molar-refractivity contribution in [1.29, 1.82) is 0 Å². The van der Waals surface area contributed by atoms with E-state index in [4.69, 9.17) is 4.42 Å². The summed E-state index contributed by atoms with van der Waals surface area (Å²) < 4.78 is 19.5. The van der Waals surface area contributed by atoms with E-state index in [0.29, 0.717) is 17.9 Å². The molecule has 0 aliphatic carbocycles. The van der Waals surface area contributed by atoms with E-state index in [-0.39, 0.29) is 12.4 Å². The van der Waals surface area contributed by atoms with Gasteiger partial charge in [-0.1, -0.05) is 6.07 Å². The number of rotatable bonds is 6. The second kappa shape index (κ2) is 6.72. The van der Waals surface area contributed by atoms with Gasteiger partial charge in [-0.15, -0.1) is 0 Å². The van der Waals surface area contributed by atoms with Gasteiger partial charge >= 0.3 is 0 Å². The first-order valence-corrected chi connectivity index (χ1v) is 8.07. The zero-order valence-corrected chi connectivity index (χ0v) is 13.4. The van der Waals surface area contributed by atoms with E-state index in [1.165, 1.54) is 12.3 Å². The van der Waals surface area contributed by atoms with Gasteiger partial charge in [0, 0.05) is 37.4 Å². The molecule has 5 heteroatoms. The molecule has 1 fully saturated rings. The van der Waals surface area contributed by atoms with E-state index in [2.05, 4.69) is 10.2 Å². The van der Waals surface area contributed by atoms with E-state index in [9.17, 15) is 9.50 Å². The number of halogens is 1. The average Bonchev–Trinajstić information content (AvgIpc) is 3.22. The second-order valence-electron chi connectivity index (χ2n) is 6.29. The Morgan fingerprint density at radius 1 is 1.26 bits per heavy atom. The number of hydrogen-bond acceptors (Lipinski definition) is 4. The van der Waals surface area contributed by atoms with Crippen molar-refractivity contribution in [3.8, 4) is 0 Å². The Labute approximate surface area is 135 Å². The summed E-state index contributed by atoms with van der Waals surface area (Å²) in [5.41, 5.74) is 0.486. The molecule has 0 amide bonds. The first kappa shape index (κ1) is 16.0. The van der Waals surface area contributed by atoms with Gasteiger partial charge in [0.05, 0.1) is 6.26 Å². The average molecular weight is 318 g/mol. The molecule has 0 bridgehead atoms. The van der Waals surface area contributed by atoms with Crippen molar-refractivity contribution in [3.05, 3.63) is 53.7 Å². The smallest absolute Gasteiger partial charge is 0.136 e. The molecule has 124 valence electrons.